The second-order valence-electron chi connectivity index (χ2n) is 8.21. The molecule has 2 aromatic heterocycles. The molecule has 2 N–H and O–H groups in total. The minimum atomic E-state index is -0.589. The van der Waals surface area contributed by atoms with Gasteiger partial charge in [0.15, 0.2) is 5.82 Å². The Kier molecular flexibility index (Phi) is 5.17. The van der Waals surface area contributed by atoms with E-state index in [4.69, 9.17) is 15.5 Å². The van der Waals surface area contributed by atoms with Crippen molar-refractivity contribution in [1.29, 1.82) is 5.26 Å². The Morgan fingerprint density at radius 1 is 1.27 bits per heavy atom. The second-order valence-corrected chi connectivity index (χ2v) is 8.21. The molecular weight excluding hydrogens is 423 g/mol. The molecule has 1 aromatic carbocycles. The second kappa shape index (κ2) is 8.16. The van der Waals surface area contributed by atoms with Crippen molar-refractivity contribution in [2.45, 2.75) is 32.3 Å². The molecule has 0 radical (unpaired) electrons. The molecule has 1 fully saturated rings. The lowest BCUT2D eigenvalue weighted by molar-refractivity contribution is 0.218. The first-order chi connectivity index (χ1) is 15.9. The highest BCUT2D eigenvalue weighted by molar-refractivity contribution is 5.89. The highest BCUT2D eigenvalue weighted by Gasteiger charge is 2.27. The SMILES string of the molecule is C[C@H]1Oc2nc(cnc2N)-c2c(nn(C)c2C#N)CC(N2CCCC2)=Nc2ccc(F)cc21. The first-order valence-corrected chi connectivity index (χ1v) is 10.8. The van der Waals surface area contributed by atoms with Gasteiger partial charge in [0, 0.05) is 25.7 Å². The van der Waals surface area contributed by atoms with Gasteiger partial charge in [-0.2, -0.15) is 10.4 Å². The van der Waals surface area contributed by atoms with Crippen LogP contribution in [0.5, 0.6) is 5.88 Å². The van der Waals surface area contributed by atoms with E-state index in [0.29, 0.717) is 40.3 Å². The third-order valence-corrected chi connectivity index (χ3v) is 6.01. The van der Waals surface area contributed by atoms with Crippen LogP contribution in [0.25, 0.3) is 11.3 Å². The molecule has 168 valence electrons. The monoisotopic (exact) mass is 446 g/mol. The number of nitrogens with zero attached hydrogens (tertiary/aromatic N) is 7. The fraction of sp³-hybridized carbons (Fsp3) is 0.348. The first kappa shape index (κ1) is 20.9. The summed E-state index contributed by atoms with van der Waals surface area (Å²) in [6.07, 6.45) is 3.45. The van der Waals surface area contributed by atoms with E-state index in [1.54, 1.807) is 20.0 Å². The Bertz CT molecular complexity index is 1300. The van der Waals surface area contributed by atoms with Crippen molar-refractivity contribution < 1.29 is 9.13 Å². The number of aromatic nitrogens is 4. The molecule has 0 saturated carbocycles. The zero-order valence-corrected chi connectivity index (χ0v) is 18.4. The number of rotatable bonds is 0. The summed E-state index contributed by atoms with van der Waals surface area (Å²) in [6.45, 7) is 3.54. The number of fused-ring (bicyclic) bond motifs is 5. The molecule has 0 aliphatic carbocycles. The summed E-state index contributed by atoms with van der Waals surface area (Å²) in [5, 5.41) is 14.4. The number of benzene rings is 1. The molecule has 3 aromatic rings. The Balaban J connectivity index is 1.77. The van der Waals surface area contributed by atoms with E-state index >= 15 is 0 Å². The molecule has 2 aliphatic rings. The number of aliphatic imine (C=N–C) groups is 1. The molecule has 0 unspecified atom stereocenters. The maximum atomic E-state index is 14.2. The summed E-state index contributed by atoms with van der Waals surface area (Å²) >= 11 is 0. The molecule has 33 heavy (non-hydrogen) atoms. The number of likely N-dealkylation sites (tertiary alicyclic amines) is 1. The van der Waals surface area contributed by atoms with Gasteiger partial charge in [-0.1, -0.05) is 0 Å². The van der Waals surface area contributed by atoms with E-state index in [1.165, 1.54) is 23.0 Å². The van der Waals surface area contributed by atoms with Crippen molar-refractivity contribution in [1.82, 2.24) is 24.6 Å². The van der Waals surface area contributed by atoms with Gasteiger partial charge in [-0.3, -0.25) is 4.68 Å². The summed E-state index contributed by atoms with van der Waals surface area (Å²) in [4.78, 5) is 16.0. The van der Waals surface area contributed by atoms with Crippen molar-refractivity contribution in [2.75, 3.05) is 18.8 Å². The van der Waals surface area contributed by atoms with E-state index in [0.717, 1.165) is 31.8 Å². The maximum Gasteiger partial charge on any atom is 0.258 e. The molecule has 2 bridgehead atoms. The van der Waals surface area contributed by atoms with Crippen molar-refractivity contribution in [3.8, 4) is 23.2 Å². The summed E-state index contributed by atoms with van der Waals surface area (Å²) < 4.78 is 21.8. The average molecular weight is 446 g/mol. The highest BCUT2D eigenvalue weighted by atomic mass is 19.1. The minimum Gasteiger partial charge on any atom is -0.467 e. The van der Waals surface area contributed by atoms with Crippen LogP contribution >= 0.6 is 0 Å². The Morgan fingerprint density at radius 2 is 2.06 bits per heavy atom. The number of aryl methyl sites for hydroxylation is 1. The largest absolute Gasteiger partial charge is 0.467 e. The van der Waals surface area contributed by atoms with Gasteiger partial charge in [0.2, 0.25) is 0 Å². The van der Waals surface area contributed by atoms with E-state index in [-0.39, 0.29) is 17.5 Å². The number of amidine groups is 1. The lowest BCUT2D eigenvalue weighted by Gasteiger charge is -2.23. The topological polar surface area (TPSA) is 118 Å². The molecule has 0 amide bonds. The Hall–Kier alpha value is -4.00. The maximum absolute atomic E-state index is 14.2. The van der Waals surface area contributed by atoms with Crippen LogP contribution in [-0.4, -0.2) is 43.6 Å². The number of nitriles is 1. The summed E-state index contributed by atoms with van der Waals surface area (Å²) in [5.74, 6) is 0.636. The normalized spacial score (nSPS) is 17.7. The number of anilines is 1. The number of hydrogen-bond donors (Lipinski definition) is 1. The minimum absolute atomic E-state index is 0.103. The van der Waals surface area contributed by atoms with Crippen LogP contribution in [0.15, 0.2) is 29.4 Å². The number of nitrogens with two attached hydrogens (primary N) is 1. The molecule has 1 saturated heterocycles. The smallest absolute Gasteiger partial charge is 0.258 e. The van der Waals surface area contributed by atoms with Crippen LogP contribution in [0.2, 0.25) is 0 Å². The Morgan fingerprint density at radius 3 is 2.82 bits per heavy atom. The van der Waals surface area contributed by atoms with Crippen LogP contribution in [0.4, 0.5) is 15.9 Å². The number of hydrogen-bond acceptors (Lipinski definition) is 8. The van der Waals surface area contributed by atoms with Crippen molar-refractivity contribution in [3.63, 3.8) is 0 Å². The van der Waals surface area contributed by atoms with Crippen LogP contribution in [0, 0.1) is 17.1 Å². The van der Waals surface area contributed by atoms with Crippen molar-refractivity contribution in [2.24, 2.45) is 12.0 Å². The summed E-state index contributed by atoms with van der Waals surface area (Å²) in [7, 11) is 1.72. The zero-order chi connectivity index (χ0) is 23.1. The summed E-state index contributed by atoms with van der Waals surface area (Å²) in [5.41, 5.74) is 9.26. The number of nitrogen functional groups attached to an aromatic ring is 1. The molecule has 0 spiro atoms. The van der Waals surface area contributed by atoms with Gasteiger partial charge in [0.1, 0.15) is 29.5 Å². The molecule has 5 rings (SSSR count). The molecule has 2 aliphatic heterocycles. The average Bonchev–Trinajstić information content (AvgIpc) is 3.43. The van der Waals surface area contributed by atoms with Crippen LogP contribution in [-0.2, 0) is 13.5 Å². The van der Waals surface area contributed by atoms with E-state index in [2.05, 4.69) is 26.0 Å². The highest BCUT2D eigenvalue weighted by Crippen LogP contribution is 2.35. The van der Waals surface area contributed by atoms with Gasteiger partial charge >= 0.3 is 0 Å². The molecular formula is C23H23FN8O. The third kappa shape index (κ3) is 3.75. The van der Waals surface area contributed by atoms with E-state index < -0.39 is 6.10 Å². The Labute approximate surface area is 190 Å². The predicted octanol–water partition coefficient (Wildman–Crippen LogP) is 3.29. The zero-order valence-electron chi connectivity index (χ0n) is 18.4. The molecule has 9 nitrogen and oxygen atoms in total. The molecule has 1 atom stereocenters. The lowest BCUT2D eigenvalue weighted by atomic mass is 10.1. The predicted molar refractivity (Wildman–Crippen MR) is 120 cm³/mol. The summed E-state index contributed by atoms with van der Waals surface area (Å²) in [6, 6.07) is 6.68. The quantitative estimate of drug-likeness (QED) is 0.563. The van der Waals surface area contributed by atoms with Gasteiger partial charge < -0.3 is 15.4 Å². The van der Waals surface area contributed by atoms with Gasteiger partial charge in [0.05, 0.1) is 35.3 Å². The fourth-order valence-electron chi connectivity index (χ4n) is 4.36. The van der Waals surface area contributed by atoms with Crippen molar-refractivity contribution >= 4 is 17.3 Å². The van der Waals surface area contributed by atoms with Gasteiger partial charge in [0.25, 0.3) is 5.88 Å². The number of halogens is 1. The van der Waals surface area contributed by atoms with Gasteiger partial charge in [-0.25, -0.2) is 19.4 Å². The van der Waals surface area contributed by atoms with Crippen LogP contribution in [0.1, 0.15) is 42.8 Å². The van der Waals surface area contributed by atoms with E-state index in [1.807, 2.05) is 0 Å². The molecule has 10 heteroatoms. The standard InChI is InChI=1S/C23H23FN8O/c1-13-15-9-14(24)5-6-16(15)28-20(32-7-3-4-8-32)10-17-21(19(11-25)31(2)30-17)18-12-27-22(26)23(29-18)33-13/h5-6,9,12-13H,3-4,7-8,10H2,1-2H3,(H2,26,27)/t13-/m1/s1. The van der Waals surface area contributed by atoms with E-state index in [9.17, 15) is 9.65 Å². The van der Waals surface area contributed by atoms with Gasteiger partial charge in [-0.05, 0) is 38.0 Å². The van der Waals surface area contributed by atoms with Crippen molar-refractivity contribution in [3.05, 3.63) is 47.2 Å². The third-order valence-electron chi connectivity index (χ3n) is 6.01. The van der Waals surface area contributed by atoms with Crippen LogP contribution < -0.4 is 10.5 Å². The lowest BCUT2D eigenvalue weighted by Crippen LogP contribution is -2.30. The first-order valence-electron chi connectivity index (χ1n) is 10.8. The fourth-order valence-corrected chi connectivity index (χ4v) is 4.36. The number of ether oxygens (including phenoxy) is 1. The molecule has 4 heterocycles. The van der Waals surface area contributed by atoms with Gasteiger partial charge in [-0.15, -0.1) is 0 Å². The van der Waals surface area contributed by atoms with Crippen LogP contribution in [0.3, 0.4) is 0 Å².